The van der Waals surface area contributed by atoms with E-state index in [0.717, 1.165) is 0 Å². The smallest absolute Gasteiger partial charge is 0.275 e. The molecule has 0 atom stereocenters. The Bertz CT molecular complexity index is 691. The number of para-hydroxylation sites is 1. The van der Waals surface area contributed by atoms with Crippen LogP contribution in [0.25, 0.3) is 10.9 Å². The number of H-pyrrole nitrogens is 1. The average Bonchev–Trinajstić information content (AvgIpc) is 2.45. The van der Waals surface area contributed by atoms with Crippen molar-refractivity contribution in [1.29, 1.82) is 0 Å². The van der Waals surface area contributed by atoms with E-state index >= 15 is 0 Å². The van der Waals surface area contributed by atoms with Gasteiger partial charge < -0.3 is 4.98 Å². The second kappa shape index (κ2) is 5.34. The highest BCUT2D eigenvalue weighted by Crippen LogP contribution is 2.06. The fraction of sp³-hybridized carbons (Fsp3) is 0.154. The molecule has 1 aromatic heterocycles. The van der Waals surface area contributed by atoms with Gasteiger partial charge in [-0.3, -0.25) is 25.2 Å². The van der Waals surface area contributed by atoms with Gasteiger partial charge >= 0.3 is 0 Å². The van der Waals surface area contributed by atoms with Crippen molar-refractivity contribution < 1.29 is 9.59 Å². The maximum atomic E-state index is 12.1. The summed E-state index contributed by atoms with van der Waals surface area (Å²) in [5.41, 5.74) is 4.64. The van der Waals surface area contributed by atoms with Gasteiger partial charge in [0.15, 0.2) is 0 Å². The van der Waals surface area contributed by atoms with Gasteiger partial charge in [-0.1, -0.05) is 19.1 Å². The van der Waals surface area contributed by atoms with Crippen LogP contribution in [-0.2, 0) is 4.79 Å². The fourth-order valence-corrected chi connectivity index (χ4v) is 1.62. The highest BCUT2D eigenvalue weighted by atomic mass is 16.2. The van der Waals surface area contributed by atoms with Crippen LogP contribution in [0.3, 0.4) is 0 Å². The van der Waals surface area contributed by atoms with Gasteiger partial charge in [-0.25, -0.2) is 0 Å². The molecule has 1 aromatic carbocycles. The molecule has 0 saturated carbocycles. The van der Waals surface area contributed by atoms with Gasteiger partial charge in [0, 0.05) is 23.5 Å². The molecule has 2 amide bonds. The maximum absolute atomic E-state index is 12.1. The Hall–Kier alpha value is -2.63. The number of rotatable bonds is 2. The summed E-state index contributed by atoms with van der Waals surface area (Å²) in [5.74, 6) is -0.973. The van der Waals surface area contributed by atoms with Gasteiger partial charge in [0.1, 0.15) is 5.56 Å². The van der Waals surface area contributed by atoms with Gasteiger partial charge in [-0.2, -0.15) is 0 Å². The minimum Gasteiger partial charge on any atom is -0.360 e. The second-order valence-corrected chi connectivity index (χ2v) is 3.93. The molecule has 0 unspecified atom stereocenters. The van der Waals surface area contributed by atoms with Crippen molar-refractivity contribution >= 4 is 22.7 Å². The summed E-state index contributed by atoms with van der Waals surface area (Å²) in [7, 11) is 0. The number of carbonyl (C=O) groups excluding carboxylic acids is 2. The molecule has 0 bridgehead atoms. The quantitative estimate of drug-likeness (QED) is 0.693. The van der Waals surface area contributed by atoms with Crippen LogP contribution in [-0.4, -0.2) is 16.8 Å². The molecule has 0 aliphatic carbocycles. The SMILES string of the molecule is CCC(=O)NNC(=O)c1c[nH]c2ccccc2c1=O. The zero-order valence-corrected chi connectivity index (χ0v) is 10.3. The third-order valence-corrected chi connectivity index (χ3v) is 2.67. The van der Waals surface area contributed by atoms with Gasteiger partial charge in [0.25, 0.3) is 5.91 Å². The Balaban J connectivity index is 2.30. The molecule has 0 spiro atoms. The van der Waals surface area contributed by atoms with Crippen molar-refractivity contribution in [3.63, 3.8) is 0 Å². The first-order valence-electron chi connectivity index (χ1n) is 5.83. The minimum absolute atomic E-state index is 0.0462. The van der Waals surface area contributed by atoms with Crippen LogP contribution in [0.4, 0.5) is 0 Å². The van der Waals surface area contributed by atoms with E-state index < -0.39 is 5.91 Å². The van der Waals surface area contributed by atoms with E-state index in [4.69, 9.17) is 0 Å². The molecule has 19 heavy (non-hydrogen) atoms. The normalized spacial score (nSPS) is 10.2. The van der Waals surface area contributed by atoms with Gasteiger partial charge in [-0.05, 0) is 12.1 Å². The Morgan fingerprint density at radius 1 is 1.21 bits per heavy atom. The number of hydrogen-bond acceptors (Lipinski definition) is 3. The molecular weight excluding hydrogens is 246 g/mol. The topological polar surface area (TPSA) is 91.1 Å². The van der Waals surface area contributed by atoms with E-state index in [-0.39, 0.29) is 23.3 Å². The number of aromatic nitrogens is 1. The predicted octanol–water partition coefficient (Wildman–Crippen LogP) is 0.699. The van der Waals surface area contributed by atoms with Crippen molar-refractivity contribution in [2.45, 2.75) is 13.3 Å². The summed E-state index contributed by atoms with van der Waals surface area (Å²) in [6, 6.07) is 6.89. The van der Waals surface area contributed by atoms with E-state index in [1.54, 1.807) is 31.2 Å². The van der Waals surface area contributed by atoms with Crippen molar-refractivity contribution in [2.75, 3.05) is 0 Å². The predicted molar refractivity (Wildman–Crippen MR) is 70.5 cm³/mol. The van der Waals surface area contributed by atoms with E-state index in [9.17, 15) is 14.4 Å². The third-order valence-electron chi connectivity index (χ3n) is 2.67. The highest BCUT2D eigenvalue weighted by molar-refractivity contribution is 5.97. The first-order chi connectivity index (χ1) is 9.13. The summed E-state index contributed by atoms with van der Waals surface area (Å²) >= 11 is 0. The van der Waals surface area contributed by atoms with E-state index in [1.165, 1.54) is 6.20 Å². The summed E-state index contributed by atoms with van der Waals surface area (Å²) in [5, 5.41) is 0.428. The van der Waals surface area contributed by atoms with Gasteiger partial charge in [0.2, 0.25) is 11.3 Å². The number of pyridine rings is 1. The number of hydrazine groups is 1. The minimum atomic E-state index is -0.645. The maximum Gasteiger partial charge on any atom is 0.275 e. The Kier molecular flexibility index (Phi) is 3.61. The summed E-state index contributed by atoms with van der Waals surface area (Å²) in [4.78, 5) is 37.8. The summed E-state index contributed by atoms with van der Waals surface area (Å²) < 4.78 is 0. The number of hydrogen-bond donors (Lipinski definition) is 3. The number of fused-ring (bicyclic) bond motifs is 1. The molecule has 2 rings (SSSR count). The molecule has 98 valence electrons. The molecule has 0 saturated heterocycles. The highest BCUT2D eigenvalue weighted by Gasteiger charge is 2.12. The van der Waals surface area contributed by atoms with Crippen molar-refractivity contribution in [1.82, 2.24) is 15.8 Å². The lowest BCUT2D eigenvalue weighted by atomic mass is 10.1. The van der Waals surface area contributed by atoms with Crippen molar-refractivity contribution in [3.05, 3.63) is 46.2 Å². The lowest BCUT2D eigenvalue weighted by molar-refractivity contribution is -0.121. The molecular formula is C13H13N3O3. The average molecular weight is 259 g/mol. The number of amides is 2. The van der Waals surface area contributed by atoms with Crippen molar-refractivity contribution in [2.24, 2.45) is 0 Å². The zero-order chi connectivity index (χ0) is 13.8. The summed E-state index contributed by atoms with van der Waals surface area (Å²) in [6.45, 7) is 1.66. The fourth-order valence-electron chi connectivity index (χ4n) is 1.62. The molecule has 0 aliphatic rings. The Labute approximate surface area is 108 Å². The van der Waals surface area contributed by atoms with Crippen LogP contribution in [0, 0.1) is 0 Å². The Morgan fingerprint density at radius 2 is 1.95 bits per heavy atom. The molecule has 3 N–H and O–H groups in total. The van der Waals surface area contributed by atoms with Gasteiger partial charge in [0.05, 0.1) is 0 Å². The number of carbonyl (C=O) groups is 2. The van der Waals surface area contributed by atoms with Crippen molar-refractivity contribution in [3.8, 4) is 0 Å². The largest absolute Gasteiger partial charge is 0.360 e. The summed E-state index contributed by atoms with van der Waals surface area (Å²) in [6.07, 6.45) is 1.58. The second-order valence-electron chi connectivity index (χ2n) is 3.93. The van der Waals surface area contributed by atoms with E-state index in [2.05, 4.69) is 15.8 Å². The Morgan fingerprint density at radius 3 is 2.68 bits per heavy atom. The molecule has 6 heteroatoms. The standard InChI is InChI=1S/C13H13N3O3/c1-2-11(17)15-16-13(19)9-7-14-10-6-4-3-5-8(10)12(9)18/h3-7H,2H2,1H3,(H,14,18)(H,15,17)(H,16,19). The first-order valence-corrected chi connectivity index (χ1v) is 5.83. The zero-order valence-electron chi connectivity index (χ0n) is 10.3. The van der Waals surface area contributed by atoms with Crippen LogP contribution >= 0.6 is 0 Å². The number of nitrogens with one attached hydrogen (secondary N) is 3. The number of benzene rings is 1. The lowest BCUT2D eigenvalue weighted by Gasteiger charge is -2.06. The van der Waals surface area contributed by atoms with E-state index in [1.807, 2.05) is 0 Å². The van der Waals surface area contributed by atoms with Crippen LogP contribution in [0.2, 0.25) is 0 Å². The molecule has 0 aliphatic heterocycles. The van der Waals surface area contributed by atoms with Crippen LogP contribution in [0.1, 0.15) is 23.7 Å². The van der Waals surface area contributed by atoms with Crippen LogP contribution < -0.4 is 16.3 Å². The molecule has 1 heterocycles. The number of aromatic amines is 1. The van der Waals surface area contributed by atoms with Crippen LogP contribution in [0.5, 0.6) is 0 Å². The first kappa shape index (κ1) is 12.8. The van der Waals surface area contributed by atoms with Crippen LogP contribution in [0.15, 0.2) is 35.3 Å². The molecule has 2 aromatic rings. The lowest BCUT2D eigenvalue weighted by Crippen LogP contribution is -2.42. The van der Waals surface area contributed by atoms with Gasteiger partial charge in [-0.15, -0.1) is 0 Å². The third kappa shape index (κ3) is 2.62. The molecule has 0 fully saturated rings. The van der Waals surface area contributed by atoms with E-state index in [0.29, 0.717) is 10.9 Å². The monoisotopic (exact) mass is 259 g/mol. The molecule has 6 nitrogen and oxygen atoms in total. The molecule has 0 radical (unpaired) electrons.